The minimum absolute atomic E-state index is 0.0748. The van der Waals surface area contributed by atoms with Crippen LogP contribution in [0.4, 0.5) is 0 Å². The maximum absolute atomic E-state index is 12.7. The van der Waals surface area contributed by atoms with Gasteiger partial charge in [-0.25, -0.2) is 0 Å². The normalized spacial score (nSPS) is 23.0. The Balaban J connectivity index is 1.92. The molecule has 0 aliphatic carbocycles. The molecule has 1 unspecified atom stereocenters. The maximum atomic E-state index is 12.7. The predicted octanol–water partition coefficient (Wildman–Crippen LogP) is 0.389. The van der Waals surface area contributed by atoms with Gasteiger partial charge in [-0.1, -0.05) is 13.8 Å². The summed E-state index contributed by atoms with van der Waals surface area (Å²) in [5, 5.41) is 2.73. The number of esters is 1. The number of carbonyl (C=O) groups is 3. The maximum Gasteiger partial charge on any atom is 0.308 e. The fourth-order valence-corrected chi connectivity index (χ4v) is 3.15. The number of carbonyl (C=O) groups excluding carboxylic acids is 3. The highest BCUT2D eigenvalue weighted by Gasteiger charge is 2.35. The Morgan fingerprint density at radius 2 is 1.96 bits per heavy atom. The van der Waals surface area contributed by atoms with E-state index in [2.05, 4.69) is 17.1 Å². The van der Waals surface area contributed by atoms with Gasteiger partial charge in [-0.3, -0.25) is 19.3 Å². The minimum atomic E-state index is -0.751. The molecule has 1 N–H and O–H groups in total. The molecule has 136 valence electrons. The van der Waals surface area contributed by atoms with Gasteiger partial charge in [0.05, 0.1) is 19.6 Å². The largest absolute Gasteiger partial charge is 0.466 e. The van der Waals surface area contributed by atoms with E-state index in [0.717, 1.165) is 32.4 Å². The smallest absolute Gasteiger partial charge is 0.308 e. The summed E-state index contributed by atoms with van der Waals surface area (Å²) in [5.41, 5.74) is 0. The number of piperidine rings is 1. The lowest BCUT2D eigenvalue weighted by Gasteiger charge is -2.37. The molecule has 1 atom stereocenters. The van der Waals surface area contributed by atoms with E-state index in [1.54, 1.807) is 4.90 Å². The van der Waals surface area contributed by atoms with E-state index in [1.165, 1.54) is 0 Å². The molecule has 7 heteroatoms. The molecule has 2 fully saturated rings. The van der Waals surface area contributed by atoms with Gasteiger partial charge < -0.3 is 15.0 Å². The topological polar surface area (TPSA) is 79.0 Å². The summed E-state index contributed by atoms with van der Waals surface area (Å²) < 4.78 is 5.06. The lowest BCUT2D eigenvalue weighted by Crippen LogP contribution is -2.59. The molecule has 2 heterocycles. The summed E-state index contributed by atoms with van der Waals surface area (Å²) in [6, 6.07) is -0.751. The first-order valence-electron chi connectivity index (χ1n) is 8.96. The number of piperazine rings is 1. The second kappa shape index (κ2) is 9.01. The Kier molecular flexibility index (Phi) is 7.02. The minimum Gasteiger partial charge on any atom is -0.466 e. The third kappa shape index (κ3) is 5.19. The number of likely N-dealkylation sites (tertiary alicyclic amines) is 1. The fourth-order valence-electron chi connectivity index (χ4n) is 3.15. The van der Waals surface area contributed by atoms with Crippen molar-refractivity contribution in [3.05, 3.63) is 0 Å². The third-order valence-electron chi connectivity index (χ3n) is 4.71. The molecule has 0 bridgehead atoms. The number of amides is 2. The molecule has 0 aromatic rings. The third-order valence-corrected chi connectivity index (χ3v) is 4.71. The Bertz CT molecular complexity index is 461. The van der Waals surface area contributed by atoms with Crippen molar-refractivity contribution in [2.24, 2.45) is 5.92 Å². The molecule has 24 heavy (non-hydrogen) atoms. The average Bonchev–Trinajstić information content (AvgIpc) is 2.56. The number of hydrogen-bond donors (Lipinski definition) is 1. The molecule has 2 amide bonds. The molecule has 0 aromatic heterocycles. The van der Waals surface area contributed by atoms with E-state index in [1.807, 2.05) is 6.92 Å². The van der Waals surface area contributed by atoms with E-state index < -0.39 is 12.0 Å². The number of nitrogens with zero attached hydrogens (tertiary/aromatic N) is 2. The molecule has 2 saturated heterocycles. The summed E-state index contributed by atoms with van der Waals surface area (Å²) in [5.74, 6) is -0.0651. The molecule has 7 nitrogen and oxygen atoms in total. The first kappa shape index (κ1) is 18.7. The first-order valence-corrected chi connectivity index (χ1v) is 8.96. The molecule has 2 aliphatic heterocycles. The van der Waals surface area contributed by atoms with Gasteiger partial charge in [0.2, 0.25) is 11.8 Å². The molecule has 2 aliphatic rings. The van der Waals surface area contributed by atoms with E-state index in [0.29, 0.717) is 32.2 Å². The summed E-state index contributed by atoms with van der Waals surface area (Å²) in [4.78, 5) is 40.3. The lowest BCUT2D eigenvalue weighted by molar-refractivity contribution is -0.152. The van der Waals surface area contributed by atoms with Crippen molar-refractivity contribution in [2.45, 2.75) is 45.6 Å². The van der Waals surface area contributed by atoms with Gasteiger partial charge in [0, 0.05) is 13.1 Å². The van der Waals surface area contributed by atoms with Crippen LogP contribution in [0, 0.1) is 5.92 Å². The fraction of sp³-hybridized carbons (Fsp3) is 0.824. The monoisotopic (exact) mass is 339 g/mol. The van der Waals surface area contributed by atoms with Crippen molar-refractivity contribution in [1.29, 1.82) is 0 Å². The quantitative estimate of drug-likeness (QED) is 0.708. The van der Waals surface area contributed by atoms with Crippen molar-refractivity contribution >= 4 is 17.8 Å². The van der Waals surface area contributed by atoms with Gasteiger partial charge in [0.25, 0.3) is 0 Å². The van der Waals surface area contributed by atoms with Crippen LogP contribution in [0.1, 0.15) is 39.5 Å². The zero-order valence-electron chi connectivity index (χ0n) is 14.8. The molecular weight excluding hydrogens is 310 g/mol. The summed E-state index contributed by atoms with van der Waals surface area (Å²) in [7, 11) is 0. The molecule has 0 saturated carbocycles. The van der Waals surface area contributed by atoms with Crippen molar-refractivity contribution in [1.82, 2.24) is 15.1 Å². The van der Waals surface area contributed by atoms with Crippen molar-refractivity contribution < 1.29 is 19.1 Å². The van der Waals surface area contributed by atoms with Crippen LogP contribution < -0.4 is 5.32 Å². The standard InChI is InChI=1S/C17H29N3O4/c1-3-10-24-16(22)11-14-17(23)18-6-9-20(14)15(21)12-19-7-4-13(2)5-8-19/h13-14H,3-12H2,1-2H3,(H,18,23). The second-order valence-electron chi connectivity index (χ2n) is 6.78. The van der Waals surface area contributed by atoms with Gasteiger partial charge in [0.15, 0.2) is 0 Å². The molecule has 0 aromatic carbocycles. The highest BCUT2D eigenvalue weighted by atomic mass is 16.5. The number of hydrogen-bond acceptors (Lipinski definition) is 5. The van der Waals surface area contributed by atoms with Crippen LogP contribution >= 0.6 is 0 Å². The molecule has 0 spiro atoms. The highest BCUT2D eigenvalue weighted by molar-refractivity contribution is 5.92. The van der Waals surface area contributed by atoms with Crippen LogP contribution in [0.3, 0.4) is 0 Å². The Labute approximate surface area is 143 Å². The Hall–Kier alpha value is -1.63. The van der Waals surface area contributed by atoms with Gasteiger partial charge in [-0.2, -0.15) is 0 Å². The van der Waals surface area contributed by atoms with Crippen LogP contribution in [0.2, 0.25) is 0 Å². The second-order valence-corrected chi connectivity index (χ2v) is 6.78. The van der Waals surface area contributed by atoms with Crippen molar-refractivity contribution in [3.63, 3.8) is 0 Å². The van der Waals surface area contributed by atoms with Gasteiger partial charge in [-0.15, -0.1) is 0 Å². The van der Waals surface area contributed by atoms with E-state index >= 15 is 0 Å². The number of rotatable bonds is 6. The molecule has 0 radical (unpaired) electrons. The van der Waals surface area contributed by atoms with Crippen molar-refractivity contribution in [2.75, 3.05) is 39.3 Å². The zero-order chi connectivity index (χ0) is 17.5. The summed E-state index contributed by atoms with van der Waals surface area (Å²) in [6.07, 6.45) is 2.86. The van der Waals surface area contributed by atoms with Gasteiger partial charge in [0.1, 0.15) is 6.04 Å². The SMILES string of the molecule is CCCOC(=O)CC1C(=O)NCCN1C(=O)CN1CCC(C)CC1. The molecule has 2 rings (SSSR count). The van der Waals surface area contributed by atoms with Gasteiger partial charge in [-0.05, 0) is 38.3 Å². The summed E-state index contributed by atoms with van der Waals surface area (Å²) in [6.45, 7) is 7.50. The van der Waals surface area contributed by atoms with E-state index in [9.17, 15) is 14.4 Å². The average molecular weight is 339 g/mol. The van der Waals surface area contributed by atoms with E-state index in [4.69, 9.17) is 4.74 Å². The highest BCUT2D eigenvalue weighted by Crippen LogP contribution is 2.17. The first-order chi connectivity index (χ1) is 11.5. The van der Waals surface area contributed by atoms with Gasteiger partial charge >= 0.3 is 5.97 Å². The lowest BCUT2D eigenvalue weighted by atomic mass is 9.99. The van der Waals surface area contributed by atoms with Crippen LogP contribution in [0.5, 0.6) is 0 Å². The van der Waals surface area contributed by atoms with Crippen molar-refractivity contribution in [3.8, 4) is 0 Å². The zero-order valence-corrected chi connectivity index (χ0v) is 14.8. The summed E-state index contributed by atoms with van der Waals surface area (Å²) >= 11 is 0. The Morgan fingerprint density at radius 1 is 1.25 bits per heavy atom. The van der Waals surface area contributed by atoms with Crippen LogP contribution in [-0.2, 0) is 19.1 Å². The van der Waals surface area contributed by atoms with Crippen LogP contribution in [0.25, 0.3) is 0 Å². The van der Waals surface area contributed by atoms with E-state index in [-0.39, 0.29) is 18.2 Å². The predicted molar refractivity (Wildman–Crippen MR) is 89.2 cm³/mol. The van der Waals surface area contributed by atoms with Crippen LogP contribution in [-0.4, -0.2) is 73.0 Å². The molecular formula is C17H29N3O4. The number of ether oxygens (including phenoxy) is 1. The van der Waals surface area contributed by atoms with Crippen LogP contribution in [0.15, 0.2) is 0 Å². The number of nitrogens with one attached hydrogen (secondary N) is 1. The Morgan fingerprint density at radius 3 is 2.62 bits per heavy atom.